The van der Waals surface area contributed by atoms with E-state index in [0.29, 0.717) is 18.2 Å². The molecule has 1 unspecified atom stereocenters. The zero-order valence-corrected chi connectivity index (χ0v) is 18.3. The minimum atomic E-state index is 0.272. The predicted octanol–water partition coefficient (Wildman–Crippen LogP) is 4.24. The molecular weight excluding hydrogens is 368 g/mol. The Balaban J connectivity index is 1.48. The Morgan fingerprint density at radius 3 is 2.46 bits per heavy atom. The van der Waals surface area contributed by atoms with Crippen LogP contribution in [0.5, 0.6) is 0 Å². The number of benzene rings is 1. The van der Waals surface area contributed by atoms with E-state index in [4.69, 9.17) is 4.98 Å². The summed E-state index contributed by atoms with van der Waals surface area (Å²) >= 11 is 1.46. The molecule has 3 rings (SSSR count). The van der Waals surface area contributed by atoms with Gasteiger partial charge < -0.3 is 9.80 Å². The van der Waals surface area contributed by atoms with Crippen LogP contribution in [0.1, 0.15) is 51.9 Å². The Labute approximate surface area is 172 Å². The van der Waals surface area contributed by atoms with Crippen molar-refractivity contribution in [2.45, 2.75) is 47.0 Å². The monoisotopic (exact) mass is 400 g/mol. The van der Waals surface area contributed by atoms with Crippen molar-refractivity contribution in [2.75, 3.05) is 31.1 Å². The van der Waals surface area contributed by atoms with Crippen molar-refractivity contribution < 1.29 is 4.79 Å². The molecule has 1 aliphatic rings. The van der Waals surface area contributed by atoms with Gasteiger partial charge in [-0.3, -0.25) is 4.79 Å². The second-order valence-corrected chi connectivity index (χ2v) is 9.83. The van der Waals surface area contributed by atoms with Gasteiger partial charge in [-0.15, -0.1) is 0 Å². The fraction of sp³-hybridized carbons (Fsp3) is 0.591. The number of carbonyl (C=O) groups excluding carboxylic acids is 1. The van der Waals surface area contributed by atoms with Crippen LogP contribution in [0.3, 0.4) is 0 Å². The number of amides is 1. The highest BCUT2D eigenvalue weighted by Crippen LogP contribution is 2.27. The van der Waals surface area contributed by atoms with Crippen molar-refractivity contribution in [1.29, 1.82) is 0 Å². The normalized spacial score (nSPS) is 16.3. The van der Waals surface area contributed by atoms with Gasteiger partial charge in [0.2, 0.25) is 11.0 Å². The Bertz CT molecular complexity index is 760. The predicted molar refractivity (Wildman–Crippen MR) is 116 cm³/mol. The third kappa shape index (κ3) is 6.03. The number of carbonyl (C=O) groups is 1. The smallest absolute Gasteiger partial charge is 0.222 e. The van der Waals surface area contributed by atoms with Gasteiger partial charge in [-0.2, -0.15) is 4.37 Å². The quantitative estimate of drug-likeness (QED) is 0.728. The molecule has 0 spiro atoms. The fourth-order valence-electron chi connectivity index (χ4n) is 3.92. The molecule has 0 aliphatic carbocycles. The molecule has 6 heteroatoms. The van der Waals surface area contributed by atoms with Crippen LogP contribution in [0, 0.1) is 11.3 Å². The summed E-state index contributed by atoms with van der Waals surface area (Å²) < 4.78 is 4.52. The van der Waals surface area contributed by atoms with E-state index in [0.717, 1.165) is 50.0 Å². The minimum Gasteiger partial charge on any atom is -0.343 e. The Hall–Kier alpha value is -1.95. The van der Waals surface area contributed by atoms with Crippen LogP contribution in [-0.2, 0) is 11.2 Å². The molecule has 1 aliphatic heterocycles. The van der Waals surface area contributed by atoms with Crippen LogP contribution in [0.4, 0.5) is 5.13 Å². The molecule has 1 atom stereocenters. The number of nitrogens with zero attached hydrogens (tertiary/aromatic N) is 4. The zero-order chi connectivity index (χ0) is 20.1. The lowest BCUT2D eigenvalue weighted by Gasteiger charge is -2.35. The van der Waals surface area contributed by atoms with Gasteiger partial charge in [-0.1, -0.05) is 58.0 Å². The summed E-state index contributed by atoms with van der Waals surface area (Å²) in [7, 11) is 0. The summed E-state index contributed by atoms with van der Waals surface area (Å²) in [6.07, 6.45) is 2.49. The fourth-order valence-corrected chi connectivity index (χ4v) is 4.65. The van der Waals surface area contributed by atoms with Crippen LogP contribution in [-0.4, -0.2) is 46.3 Å². The number of aromatic nitrogens is 2. The first-order valence-corrected chi connectivity index (χ1v) is 11.0. The molecule has 0 N–H and O–H groups in total. The third-order valence-electron chi connectivity index (χ3n) is 5.05. The molecule has 0 saturated carbocycles. The number of anilines is 1. The average Bonchev–Trinajstić information content (AvgIpc) is 3.09. The third-order valence-corrected chi connectivity index (χ3v) is 5.86. The van der Waals surface area contributed by atoms with E-state index in [9.17, 15) is 4.79 Å². The van der Waals surface area contributed by atoms with Crippen molar-refractivity contribution in [1.82, 2.24) is 14.3 Å². The van der Waals surface area contributed by atoms with Gasteiger partial charge in [0.25, 0.3) is 0 Å². The van der Waals surface area contributed by atoms with Crippen LogP contribution in [0.2, 0.25) is 0 Å². The maximum Gasteiger partial charge on any atom is 0.222 e. The first kappa shape index (κ1) is 20.8. The van der Waals surface area contributed by atoms with Crippen molar-refractivity contribution >= 4 is 22.6 Å². The summed E-state index contributed by atoms with van der Waals surface area (Å²) in [5.74, 6) is 1.59. The Kier molecular flexibility index (Phi) is 6.70. The van der Waals surface area contributed by atoms with Gasteiger partial charge in [-0.25, -0.2) is 4.98 Å². The first-order valence-electron chi connectivity index (χ1n) is 10.2. The molecule has 1 saturated heterocycles. The van der Waals surface area contributed by atoms with E-state index in [1.54, 1.807) is 0 Å². The second kappa shape index (κ2) is 9.03. The molecule has 152 valence electrons. The molecule has 1 aromatic carbocycles. The van der Waals surface area contributed by atoms with Gasteiger partial charge in [0.1, 0.15) is 5.82 Å². The van der Waals surface area contributed by atoms with Crippen molar-refractivity contribution in [3.8, 4) is 0 Å². The lowest BCUT2D eigenvalue weighted by molar-refractivity contribution is -0.132. The largest absolute Gasteiger partial charge is 0.343 e. The van der Waals surface area contributed by atoms with Crippen LogP contribution in [0.15, 0.2) is 30.3 Å². The van der Waals surface area contributed by atoms with Gasteiger partial charge in [0.15, 0.2) is 0 Å². The molecule has 2 aromatic rings. The number of piperazine rings is 1. The zero-order valence-electron chi connectivity index (χ0n) is 17.5. The summed E-state index contributed by atoms with van der Waals surface area (Å²) in [5, 5.41) is 0.971. The summed E-state index contributed by atoms with van der Waals surface area (Å²) in [6.45, 7) is 12.1. The summed E-state index contributed by atoms with van der Waals surface area (Å²) in [6, 6.07) is 10.3. The molecule has 1 amide bonds. The summed E-state index contributed by atoms with van der Waals surface area (Å²) in [5.41, 5.74) is 1.50. The van der Waals surface area contributed by atoms with Gasteiger partial charge in [0, 0.05) is 50.6 Å². The van der Waals surface area contributed by atoms with E-state index < -0.39 is 0 Å². The Morgan fingerprint density at radius 1 is 1.14 bits per heavy atom. The lowest BCUT2D eigenvalue weighted by Crippen LogP contribution is -2.49. The van der Waals surface area contributed by atoms with Crippen LogP contribution < -0.4 is 4.90 Å². The average molecular weight is 401 g/mol. The highest BCUT2D eigenvalue weighted by atomic mass is 32.1. The number of hydrogen-bond donors (Lipinski definition) is 0. The highest BCUT2D eigenvalue weighted by molar-refractivity contribution is 7.09. The van der Waals surface area contributed by atoms with Gasteiger partial charge in [0.05, 0.1) is 0 Å². The molecule has 0 radical (unpaired) electrons. The minimum absolute atomic E-state index is 0.272. The van der Waals surface area contributed by atoms with Crippen LogP contribution in [0.25, 0.3) is 0 Å². The van der Waals surface area contributed by atoms with Crippen molar-refractivity contribution in [2.24, 2.45) is 11.3 Å². The first-order chi connectivity index (χ1) is 13.3. The Morgan fingerprint density at radius 2 is 1.82 bits per heavy atom. The SMILES string of the molecule is CC(CC(=O)N1CCN(c2nc(Cc3ccccc3)ns2)CC1)CC(C)(C)C. The van der Waals surface area contributed by atoms with E-state index in [1.165, 1.54) is 17.1 Å². The molecular formula is C22H32N4OS. The molecule has 5 nitrogen and oxygen atoms in total. The second-order valence-electron chi connectivity index (χ2n) is 9.10. The maximum absolute atomic E-state index is 12.6. The van der Waals surface area contributed by atoms with Crippen LogP contribution >= 0.6 is 11.5 Å². The van der Waals surface area contributed by atoms with E-state index in [2.05, 4.69) is 49.1 Å². The lowest BCUT2D eigenvalue weighted by atomic mass is 9.84. The number of hydrogen-bond acceptors (Lipinski definition) is 5. The summed E-state index contributed by atoms with van der Waals surface area (Å²) in [4.78, 5) is 21.6. The maximum atomic E-state index is 12.6. The van der Waals surface area contributed by atoms with Crippen molar-refractivity contribution in [3.05, 3.63) is 41.7 Å². The molecule has 28 heavy (non-hydrogen) atoms. The molecule has 2 heterocycles. The topological polar surface area (TPSA) is 49.3 Å². The molecule has 1 fully saturated rings. The molecule has 1 aromatic heterocycles. The highest BCUT2D eigenvalue weighted by Gasteiger charge is 2.25. The van der Waals surface area contributed by atoms with Crippen molar-refractivity contribution in [3.63, 3.8) is 0 Å². The van der Waals surface area contributed by atoms with Gasteiger partial charge >= 0.3 is 0 Å². The van der Waals surface area contributed by atoms with E-state index in [-0.39, 0.29) is 5.41 Å². The van der Waals surface area contributed by atoms with E-state index >= 15 is 0 Å². The van der Waals surface area contributed by atoms with Gasteiger partial charge in [-0.05, 0) is 23.3 Å². The standard InChI is InChI=1S/C22H32N4OS/c1-17(16-22(2,3)4)14-20(27)25-10-12-26(13-11-25)21-23-19(24-28-21)15-18-8-6-5-7-9-18/h5-9,17H,10-16H2,1-4H3. The van der Waals surface area contributed by atoms with E-state index in [1.807, 2.05) is 23.1 Å². The molecule has 0 bridgehead atoms. The number of rotatable bonds is 6.